The van der Waals surface area contributed by atoms with Crippen LogP contribution in [0.3, 0.4) is 0 Å². The van der Waals surface area contributed by atoms with E-state index in [0.29, 0.717) is 18.1 Å². The van der Waals surface area contributed by atoms with Gasteiger partial charge in [0, 0.05) is 55.0 Å². The number of piperidine rings is 2. The normalized spacial score (nSPS) is 19.9. The minimum Gasteiger partial charge on any atom is -0.371 e. The largest absolute Gasteiger partial charge is 0.371 e. The highest BCUT2D eigenvalue weighted by Gasteiger charge is 2.30. The van der Waals surface area contributed by atoms with E-state index in [9.17, 15) is 9.59 Å². The van der Waals surface area contributed by atoms with Gasteiger partial charge in [-0.1, -0.05) is 38.6 Å². The zero-order valence-electron chi connectivity index (χ0n) is 18.7. The summed E-state index contributed by atoms with van der Waals surface area (Å²) in [7, 11) is 0. The van der Waals surface area contributed by atoms with Crippen LogP contribution in [0.5, 0.6) is 0 Å². The van der Waals surface area contributed by atoms with Crippen LogP contribution >= 0.6 is 0 Å². The van der Waals surface area contributed by atoms with Gasteiger partial charge in [-0.2, -0.15) is 0 Å². The third-order valence-corrected chi connectivity index (χ3v) is 6.64. The Balaban J connectivity index is 1.60. The number of amides is 1. The Labute approximate surface area is 185 Å². The first kappa shape index (κ1) is 23.4. The smallest absolute Gasteiger partial charge is 0.274 e. The minimum absolute atomic E-state index is 0.218. The fourth-order valence-electron chi connectivity index (χ4n) is 4.78. The van der Waals surface area contributed by atoms with Gasteiger partial charge in [-0.05, 0) is 37.7 Å². The molecule has 0 radical (unpaired) electrons. The third kappa shape index (κ3) is 5.73. The molecular weight excluding hydrogens is 392 g/mol. The zero-order valence-corrected chi connectivity index (χ0v) is 18.7. The first-order valence-electron chi connectivity index (χ1n) is 11.4. The van der Waals surface area contributed by atoms with E-state index in [-0.39, 0.29) is 11.5 Å². The molecule has 7 heteroatoms. The number of aldehydes is 1. The van der Waals surface area contributed by atoms with Crippen LogP contribution < -0.4 is 15.7 Å². The van der Waals surface area contributed by atoms with Crippen LogP contribution in [-0.2, 0) is 9.59 Å². The maximum Gasteiger partial charge on any atom is 0.274 e. The van der Waals surface area contributed by atoms with Crippen LogP contribution in [0.15, 0.2) is 30.8 Å². The number of likely N-dealkylation sites (tertiary alicyclic amines) is 1. The van der Waals surface area contributed by atoms with Gasteiger partial charge >= 0.3 is 0 Å². The van der Waals surface area contributed by atoms with Crippen LogP contribution in [-0.4, -0.2) is 60.7 Å². The summed E-state index contributed by atoms with van der Waals surface area (Å²) in [5, 5.41) is 12.9. The highest BCUT2D eigenvalue weighted by molar-refractivity contribution is 6.19. The maximum atomic E-state index is 11.9. The molecular formula is C24H36N4O3. The van der Waals surface area contributed by atoms with E-state index >= 15 is 0 Å². The van der Waals surface area contributed by atoms with Gasteiger partial charge < -0.3 is 9.69 Å². The van der Waals surface area contributed by atoms with Crippen molar-refractivity contribution in [3.05, 3.63) is 36.4 Å². The Bertz CT molecular complexity index is 766. The first-order chi connectivity index (χ1) is 14.9. The van der Waals surface area contributed by atoms with Crippen molar-refractivity contribution >= 4 is 23.5 Å². The summed E-state index contributed by atoms with van der Waals surface area (Å²) in [4.78, 5) is 27.7. The molecule has 2 aliphatic heterocycles. The molecule has 2 saturated heterocycles. The molecule has 2 fully saturated rings. The quantitative estimate of drug-likeness (QED) is 0.256. The molecule has 3 N–H and O–H groups in total. The van der Waals surface area contributed by atoms with E-state index in [2.05, 4.69) is 35.5 Å². The van der Waals surface area contributed by atoms with Crippen LogP contribution in [0.1, 0.15) is 45.1 Å². The number of nitrogens with zero attached hydrogens (tertiary/aromatic N) is 2. The lowest BCUT2D eigenvalue weighted by Crippen LogP contribution is -2.56. The lowest BCUT2D eigenvalue weighted by atomic mass is 9.95. The Morgan fingerprint density at radius 1 is 1.13 bits per heavy atom. The predicted molar refractivity (Wildman–Crippen MR) is 123 cm³/mol. The van der Waals surface area contributed by atoms with Gasteiger partial charge in [0.2, 0.25) is 0 Å². The van der Waals surface area contributed by atoms with Gasteiger partial charge in [0.15, 0.2) is 0 Å². The molecule has 31 heavy (non-hydrogen) atoms. The van der Waals surface area contributed by atoms with Crippen LogP contribution in [0.25, 0.3) is 5.57 Å². The van der Waals surface area contributed by atoms with E-state index in [1.54, 1.807) is 5.48 Å². The fraction of sp³-hybridized carbons (Fsp3) is 0.583. The monoisotopic (exact) mass is 428 g/mol. The van der Waals surface area contributed by atoms with Crippen LogP contribution in [0.2, 0.25) is 0 Å². The van der Waals surface area contributed by atoms with E-state index in [4.69, 9.17) is 5.21 Å². The Hall–Kier alpha value is -2.22. The van der Waals surface area contributed by atoms with Gasteiger partial charge in [-0.15, -0.1) is 0 Å². The Morgan fingerprint density at radius 2 is 1.77 bits per heavy atom. The summed E-state index contributed by atoms with van der Waals surface area (Å²) in [6.45, 7) is 12.1. The van der Waals surface area contributed by atoms with Crippen molar-refractivity contribution in [2.45, 2.75) is 51.7 Å². The lowest BCUT2D eigenvalue weighted by Gasteiger charge is -2.43. The highest BCUT2D eigenvalue weighted by atomic mass is 16.5. The van der Waals surface area contributed by atoms with Crippen LogP contribution in [0.4, 0.5) is 5.69 Å². The topological polar surface area (TPSA) is 84.9 Å². The molecule has 3 rings (SSSR count). The van der Waals surface area contributed by atoms with Gasteiger partial charge in [-0.3, -0.25) is 20.2 Å². The van der Waals surface area contributed by atoms with Crippen molar-refractivity contribution in [2.75, 3.05) is 31.1 Å². The number of benzene rings is 1. The summed E-state index contributed by atoms with van der Waals surface area (Å²) >= 11 is 0. The predicted octanol–water partition coefficient (Wildman–Crippen LogP) is 2.66. The second kappa shape index (κ2) is 10.9. The summed E-state index contributed by atoms with van der Waals surface area (Å²) in [6.07, 6.45) is 5.37. The molecule has 1 unspecified atom stereocenters. The average molecular weight is 429 g/mol. The molecule has 0 saturated carbocycles. The van der Waals surface area contributed by atoms with Gasteiger partial charge in [0.05, 0.1) is 6.17 Å². The molecule has 7 nitrogen and oxygen atoms in total. The average Bonchev–Trinajstić information content (AvgIpc) is 2.82. The molecule has 1 atom stereocenters. The second-order valence-corrected chi connectivity index (χ2v) is 9.06. The number of carbonyl (C=O) groups is 2. The van der Waals surface area contributed by atoms with E-state index < -0.39 is 5.91 Å². The van der Waals surface area contributed by atoms with Gasteiger partial charge in [-0.25, -0.2) is 5.48 Å². The van der Waals surface area contributed by atoms with Crippen molar-refractivity contribution in [2.24, 2.45) is 11.8 Å². The van der Waals surface area contributed by atoms with Crippen molar-refractivity contribution < 1.29 is 14.8 Å². The van der Waals surface area contributed by atoms with Crippen molar-refractivity contribution in [3.8, 4) is 0 Å². The number of hydrogen-bond donors (Lipinski definition) is 3. The number of carbonyl (C=O) groups excluding carboxylic acids is 2. The summed E-state index contributed by atoms with van der Waals surface area (Å²) in [6, 6.07) is 8.15. The maximum absolute atomic E-state index is 11.9. The summed E-state index contributed by atoms with van der Waals surface area (Å²) in [5.41, 5.74) is 3.67. The Morgan fingerprint density at radius 3 is 2.35 bits per heavy atom. The molecule has 170 valence electrons. The molecule has 0 aliphatic carbocycles. The molecule has 1 amide bonds. The third-order valence-electron chi connectivity index (χ3n) is 6.64. The number of para-hydroxylation sites is 1. The lowest BCUT2D eigenvalue weighted by molar-refractivity contribution is -0.123. The summed E-state index contributed by atoms with van der Waals surface area (Å²) in [5.74, 6) is 0.129. The van der Waals surface area contributed by atoms with E-state index in [1.807, 2.05) is 24.3 Å². The number of rotatable bonds is 8. The second-order valence-electron chi connectivity index (χ2n) is 9.06. The number of hydroxylamine groups is 1. The summed E-state index contributed by atoms with van der Waals surface area (Å²) < 4.78 is 0. The Kier molecular flexibility index (Phi) is 8.23. The van der Waals surface area contributed by atoms with E-state index in [0.717, 1.165) is 69.4 Å². The fourth-order valence-corrected chi connectivity index (χ4v) is 4.78. The standard InChI is InChI=1S/C24H36N4O3/c1-17(2)23(28-12-8-19(16-29)9-13-28)25-20-10-14-27(15-11-20)22-7-5-4-6-21(22)18(3)24(30)26-31/h4-7,16-17,19-20,23,25,31H,3,8-15H2,1-2H3,(H,26,30). The molecule has 0 aromatic heterocycles. The first-order valence-corrected chi connectivity index (χ1v) is 11.4. The SMILES string of the molecule is C=C(C(=O)NO)c1ccccc1N1CCC(NC(C(C)C)N2CCC(C=O)CC2)CC1. The molecule has 1 aromatic rings. The number of anilines is 1. The molecule has 1 aromatic carbocycles. The van der Waals surface area contributed by atoms with Crippen molar-refractivity contribution in [1.82, 2.24) is 15.7 Å². The van der Waals surface area contributed by atoms with Crippen LogP contribution in [0, 0.1) is 11.8 Å². The highest BCUT2D eigenvalue weighted by Crippen LogP contribution is 2.29. The van der Waals surface area contributed by atoms with Crippen molar-refractivity contribution in [1.29, 1.82) is 0 Å². The van der Waals surface area contributed by atoms with Gasteiger partial charge in [0.25, 0.3) is 5.91 Å². The molecule has 0 spiro atoms. The minimum atomic E-state index is -0.581. The molecule has 2 aliphatic rings. The van der Waals surface area contributed by atoms with E-state index in [1.165, 1.54) is 0 Å². The number of nitrogens with one attached hydrogen (secondary N) is 2. The molecule has 2 heterocycles. The number of hydrogen-bond acceptors (Lipinski definition) is 6. The van der Waals surface area contributed by atoms with Gasteiger partial charge in [0.1, 0.15) is 6.29 Å². The molecule has 0 bridgehead atoms. The van der Waals surface area contributed by atoms with Crippen molar-refractivity contribution in [3.63, 3.8) is 0 Å². The zero-order chi connectivity index (χ0) is 22.4.